The summed E-state index contributed by atoms with van der Waals surface area (Å²) in [4.78, 5) is 9.17. The second kappa shape index (κ2) is 5.36. The first-order chi connectivity index (χ1) is 8.93. The molecule has 3 nitrogen and oxygen atoms in total. The average molecular weight is 241 g/mol. The summed E-state index contributed by atoms with van der Waals surface area (Å²) < 4.78 is 0. The monoisotopic (exact) mass is 241 g/mol. The zero-order chi connectivity index (χ0) is 12.2. The Hall–Kier alpha value is -1.61. The third-order valence-corrected chi connectivity index (χ3v) is 3.55. The van der Waals surface area contributed by atoms with Crippen molar-refractivity contribution in [2.45, 2.75) is 19.1 Å². The van der Waals surface area contributed by atoms with E-state index in [9.17, 15) is 0 Å². The second-order valence-corrected chi connectivity index (χ2v) is 4.85. The van der Waals surface area contributed by atoms with E-state index in [2.05, 4.69) is 57.3 Å². The summed E-state index contributed by atoms with van der Waals surface area (Å²) in [6.07, 6.45) is 8.12. The molecule has 0 N–H and O–H groups in total. The van der Waals surface area contributed by atoms with Gasteiger partial charge in [-0.05, 0) is 12.0 Å². The topological polar surface area (TPSA) is 18.8 Å². The van der Waals surface area contributed by atoms with Crippen LogP contribution in [-0.4, -0.2) is 41.9 Å². The Morgan fingerprint density at radius 2 is 2.06 bits per heavy atom. The molecule has 2 aliphatic rings. The minimum atomic E-state index is 0.380. The molecule has 1 unspecified atom stereocenters. The molecular weight excluding hydrogens is 222 g/mol. The molecule has 0 fully saturated rings. The Labute approximate surface area is 108 Å². The molecule has 0 saturated carbocycles. The largest absolute Gasteiger partial charge is 0.342 e. The summed E-state index contributed by atoms with van der Waals surface area (Å²) >= 11 is 0. The predicted molar refractivity (Wildman–Crippen MR) is 74.5 cm³/mol. The fourth-order valence-electron chi connectivity index (χ4n) is 2.62. The Morgan fingerprint density at radius 3 is 2.83 bits per heavy atom. The molecular formula is C15H19N3. The standard InChI is InChI=1S/C15H19N3/c1-2-6-14(7-3-1)12-17-10-5-4-8-15(17)18-11-9-16-13-18/h1-4,6-8,13,15H,5,9-12H2. The van der Waals surface area contributed by atoms with Gasteiger partial charge in [0.1, 0.15) is 6.17 Å². The van der Waals surface area contributed by atoms with Gasteiger partial charge in [-0.2, -0.15) is 0 Å². The molecule has 0 aromatic heterocycles. The SMILES string of the molecule is C1=CC(N2C=NCC2)N(Cc2ccccc2)CC1. The van der Waals surface area contributed by atoms with Crippen LogP contribution in [0.1, 0.15) is 12.0 Å². The Balaban J connectivity index is 1.73. The Bertz CT molecular complexity index is 438. The van der Waals surface area contributed by atoms with Crippen molar-refractivity contribution in [3.05, 3.63) is 48.0 Å². The molecule has 0 aliphatic carbocycles. The lowest BCUT2D eigenvalue weighted by molar-refractivity contribution is 0.124. The number of aliphatic imine (C=N–C) groups is 1. The molecule has 0 saturated heterocycles. The molecule has 0 amide bonds. The summed E-state index contributed by atoms with van der Waals surface area (Å²) in [6, 6.07) is 10.7. The van der Waals surface area contributed by atoms with Crippen LogP contribution in [0, 0.1) is 0 Å². The van der Waals surface area contributed by atoms with E-state index in [0.717, 1.165) is 32.6 Å². The van der Waals surface area contributed by atoms with Gasteiger partial charge in [-0.25, -0.2) is 0 Å². The first-order valence-electron chi connectivity index (χ1n) is 6.64. The van der Waals surface area contributed by atoms with Crippen molar-refractivity contribution < 1.29 is 0 Å². The van der Waals surface area contributed by atoms with Crippen molar-refractivity contribution in [2.24, 2.45) is 4.99 Å². The highest BCUT2D eigenvalue weighted by molar-refractivity contribution is 5.58. The van der Waals surface area contributed by atoms with Crippen LogP contribution in [0.5, 0.6) is 0 Å². The fraction of sp³-hybridized carbons (Fsp3) is 0.400. The maximum Gasteiger partial charge on any atom is 0.102 e. The van der Waals surface area contributed by atoms with Gasteiger partial charge in [-0.3, -0.25) is 9.89 Å². The lowest BCUT2D eigenvalue weighted by atomic mass is 10.1. The fourth-order valence-corrected chi connectivity index (χ4v) is 2.62. The molecule has 2 aliphatic heterocycles. The lowest BCUT2D eigenvalue weighted by Crippen LogP contribution is -2.47. The average Bonchev–Trinajstić information content (AvgIpc) is 2.94. The maximum atomic E-state index is 4.32. The van der Waals surface area contributed by atoms with E-state index in [4.69, 9.17) is 0 Å². The maximum absolute atomic E-state index is 4.32. The highest BCUT2D eigenvalue weighted by atomic mass is 15.4. The van der Waals surface area contributed by atoms with Crippen LogP contribution in [0.15, 0.2) is 47.5 Å². The summed E-state index contributed by atoms with van der Waals surface area (Å²) in [7, 11) is 0. The van der Waals surface area contributed by atoms with Crippen molar-refractivity contribution in [2.75, 3.05) is 19.6 Å². The van der Waals surface area contributed by atoms with Gasteiger partial charge in [-0.1, -0.05) is 42.5 Å². The summed E-state index contributed by atoms with van der Waals surface area (Å²) in [5.41, 5.74) is 1.38. The van der Waals surface area contributed by atoms with Crippen LogP contribution >= 0.6 is 0 Å². The first kappa shape index (κ1) is 11.5. The van der Waals surface area contributed by atoms with Gasteiger partial charge in [0.05, 0.1) is 12.9 Å². The van der Waals surface area contributed by atoms with Gasteiger partial charge in [0, 0.05) is 19.6 Å². The molecule has 3 heteroatoms. The van der Waals surface area contributed by atoms with E-state index in [1.54, 1.807) is 0 Å². The molecule has 0 bridgehead atoms. The van der Waals surface area contributed by atoms with Crippen LogP contribution in [0.2, 0.25) is 0 Å². The van der Waals surface area contributed by atoms with Gasteiger partial charge >= 0.3 is 0 Å². The van der Waals surface area contributed by atoms with Gasteiger partial charge in [0.15, 0.2) is 0 Å². The van der Waals surface area contributed by atoms with E-state index in [-0.39, 0.29) is 0 Å². The van der Waals surface area contributed by atoms with Crippen molar-refractivity contribution in [3.63, 3.8) is 0 Å². The molecule has 0 radical (unpaired) electrons. The quantitative estimate of drug-likeness (QED) is 0.755. The molecule has 1 aromatic rings. The summed E-state index contributed by atoms with van der Waals surface area (Å²) in [5.74, 6) is 0. The van der Waals surface area contributed by atoms with Crippen molar-refractivity contribution >= 4 is 6.34 Å². The number of nitrogens with zero attached hydrogens (tertiary/aromatic N) is 3. The van der Waals surface area contributed by atoms with Gasteiger partial charge in [0.2, 0.25) is 0 Å². The number of rotatable bonds is 3. The van der Waals surface area contributed by atoms with Crippen molar-refractivity contribution in [1.29, 1.82) is 0 Å². The molecule has 18 heavy (non-hydrogen) atoms. The number of hydrogen-bond donors (Lipinski definition) is 0. The minimum Gasteiger partial charge on any atom is -0.342 e. The van der Waals surface area contributed by atoms with E-state index < -0.39 is 0 Å². The Kier molecular flexibility index (Phi) is 3.42. The van der Waals surface area contributed by atoms with E-state index in [0.29, 0.717) is 6.17 Å². The molecule has 2 heterocycles. The van der Waals surface area contributed by atoms with Gasteiger partial charge in [-0.15, -0.1) is 0 Å². The zero-order valence-corrected chi connectivity index (χ0v) is 10.6. The normalized spacial score (nSPS) is 23.8. The predicted octanol–water partition coefficient (Wildman–Crippen LogP) is 2.12. The van der Waals surface area contributed by atoms with E-state index >= 15 is 0 Å². The minimum absolute atomic E-state index is 0.380. The van der Waals surface area contributed by atoms with Crippen LogP contribution in [0.3, 0.4) is 0 Å². The van der Waals surface area contributed by atoms with Crippen LogP contribution in [-0.2, 0) is 6.54 Å². The number of benzene rings is 1. The van der Waals surface area contributed by atoms with Crippen LogP contribution < -0.4 is 0 Å². The smallest absolute Gasteiger partial charge is 0.102 e. The second-order valence-electron chi connectivity index (χ2n) is 4.85. The number of hydrogen-bond acceptors (Lipinski definition) is 3. The lowest BCUT2D eigenvalue weighted by Gasteiger charge is -2.37. The first-order valence-corrected chi connectivity index (χ1v) is 6.64. The Morgan fingerprint density at radius 1 is 1.17 bits per heavy atom. The van der Waals surface area contributed by atoms with E-state index in [1.807, 2.05) is 6.34 Å². The van der Waals surface area contributed by atoms with Crippen molar-refractivity contribution in [3.8, 4) is 0 Å². The highest BCUT2D eigenvalue weighted by Gasteiger charge is 2.24. The molecule has 1 aromatic carbocycles. The van der Waals surface area contributed by atoms with Gasteiger partial charge in [0.25, 0.3) is 0 Å². The highest BCUT2D eigenvalue weighted by Crippen LogP contribution is 2.18. The van der Waals surface area contributed by atoms with Crippen molar-refractivity contribution in [1.82, 2.24) is 9.80 Å². The molecule has 1 atom stereocenters. The molecule has 94 valence electrons. The summed E-state index contributed by atoms with van der Waals surface area (Å²) in [5, 5.41) is 0. The third-order valence-electron chi connectivity index (χ3n) is 3.55. The molecule has 3 rings (SSSR count). The zero-order valence-electron chi connectivity index (χ0n) is 10.6. The van der Waals surface area contributed by atoms with E-state index in [1.165, 1.54) is 5.56 Å². The molecule has 0 spiro atoms. The van der Waals surface area contributed by atoms with Crippen LogP contribution in [0.4, 0.5) is 0 Å². The summed E-state index contributed by atoms with van der Waals surface area (Å²) in [6.45, 7) is 4.12. The third kappa shape index (κ3) is 2.46. The van der Waals surface area contributed by atoms with Crippen LogP contribution in [0.25, 0.3) is 0 Å². The van der Waals surface area contributed by atoms with Gasteiger partial charge < -0.3 is 4.90 Å².